The molecule has 2 atom stereocenters. The van der Waals surface area contributed by atoms with Crippen LogP contribution in [0.25, 0.3) is 11.1 Å². The molecule has 0 aliphatic rings. The fourth-order valence-electron chi connectivity index (χ4n) is 3.11. The van der Waals surface area contributed by atoms with Gasteiger partial charge in [0.15, 0.2) is 0 Å². The van der Waals surface area contributed by atoms with Gasteiger partial charge in [-0.3, -0.25) is 14.7 Å². The van der Waals surface area contributed by atoms with Crippen LogP contribution < -0.4 is 5.32 Å². The van der Waals surface area contributed by atoms with Crippen molar-refractivity contribution in [3.8, 4) is 11.1 Å². The lowest BCUT2D eigenvalue weighted by Gasteiger charge is -2.21. The molecule has 3 aromatic rings. The Hall–Kier alpha value is -3.52. The van der Waals surface area contributed by atoms with E-state index in [2.05, 4.69) is 20.5 Å². The number of hydrogen-bond acceptors (Lipinski definition) is 5. The van der Waals surface area contributed by atoms with E-state index in [1.165, 1.54) is 6.33 Å². The Balaban J connectivity index is 1.74. The first-order valence-corrected chi connectivity index (χ1v) is 9.21. The van der Waals surface area contributed by atoms with E-state index >= 15 is 0 Å². The van der Waals surface area contributed by atoms with Gasteiger partial charge in [0.05, 0.1) is 12.5 Å². The second-order valence-electron chi connectivity index (χ2n) is 6.72. The number of amides is 1. The third-order valence-electron chi connectivity index (χ3n) is 4.65. The van der Waals surface area contributed by atoms with Crippen LogP contribution in [0.4, 0.5) is 0 Å². The van der Waals surface area contributed by atoms with E-state index in [-0.39, 0.29) is 12.2 Å². The van der Waals surface area contributed by atoms with Crippen molar-refractivity contribution in [1.82, 2.24) is 20.5 Å². The molecule has 1 heterocycles. The normalized spacial score (nSPS) is 12.9. The molecule has 3 rings (SSSR count). The number of H-pyrrole nitrogens is 1. The van der Waals surface area contributed by atoms with Crippen molar-refractivity contribution in [1.29, 1.82) is 0 Å². The summed E-state index contributed by atoms with van der Waals surface area (Å²) in [6.45, 7) is -0.503. The molecule has 0 spiro atoms. The smallest absolute Gasteiger partial charge is 0.308 e. The van der Waals surface area contributed by atoms with Crippen LogP contribution in [0.1, 0.15) is 22.6 Å². The van der Waals surface area contributed by atoms with E-state index < -0.39 is 30.4 Å². The van der Waals surface area contributed by atoms with Gasteiger partial charge in [-0.25, -0.2) is 4.98 Å². The maximum absolute atomic E-state index is 12.3. The highest BCUT2D eigenvalue weighted by molar-refractivity contribution is 5.90. The number of carbonyl (C=O) groups excluding carboxylic acids is 1. The molecule has 1 aromatic heterocycles. The highest BCUT2D eigenvalue weighted by Crippen LogP contribution is 2.20. The maximum atomic E-state index is 12.3. The topological polar surface area (TPSA) is 128 Å². The number of rotatable bonds is 9. The molecule has 29 heavy (non-hydrogen) atoms. The summed E-state index contributed by atoms with van der Waals surface area (Å²) in [6.07, 6.45) is 1.73. The minimum absolute atomic E-state index is 0.0466. The van der Waals surface area contributed by atoms with Gasteiger partial charge >= 0.3 is 5.97 Å². The Morgan fingerprint density at radius 2 is 1.72 bits per heavy atom. The molecule has 8 nitrogen and oxygen atoms in total. The monoisotopic (exact) mass is 394 g/mol. The number of carboxylic acid groups (broad SMARTS) is 1. The summed E-state index contributed by atoms with van der Waals surface area (Å²) in [5, 5.41) is 27.6. The predicted molar refractivity (Wildman–Crippen MR) is 106 cm³/mol. The Bertz CT molecular complexity index is 927. The van der Waals surface area contributed by atoms with Crippen LogP contribution in [-0.4, -0.2) is 49.9 Å². The SMILES string of the molecule is O=C(NC(Cc1ccc(-c2ccccc2)cc1)CC(CO)C(=O)O)c1ncn[nH]1. The standard InChI is InChI=1S/C21H22N4O4/c26-12-17(21(28)29)11-18(24-20(27)19-22-13-23-25-19)10-14-6-8-16(9-7-14)15-4-2-1-3-5-15/h1-9,13,17-18,26H,10-12H2,(H,24,27)(H,28,29)(H,22,23,25). The van der Waals surface area contributed by atoms with Gasteiger partial charge in [-0.05, 0) is 29.5 Å². The fraction of sp³-hybridized carbons (Fsp3) is 0.238. The molecule has 0 bridgehead atoms. The minimum Gasteiger partial charge on any atom is -0.481 e. The lowest BCUT2D eigenvalue weighted by atomic mass is 9.94. The number of nitrogens with zero attached hydrogens (tertiary/aromatic N) is 2. The van der Waals surface area contributed by atoms with E-state index in [4.69, 9.17) is 0 Å². The molecule has 2 unspecified atom stereocenters. The lowest BCUT2D eigenvalue weighted by molar-refractivity contribution is -0.143. The van der Waals surface area contributed by atoms with Crippen molar-refractivity contribution in [2.24, 2.45) is 5.92 Å². The summed E-state index contributed by atoms with van der Waals surface area (Å²) in [7, 11) is 0. The van der Waals surface area contributed by atoms with Crippen molar-refractivity contribution in [2.45, 2.75) is 18.9 Å². The van der Waals surface area contributed by atoms with Crippen LogP contribution in [-0.2, 0) is 11.2 Å². The van der Waals surface area contributed by atoms with Crippen molar-refractivity contribution >= 4 is 11.9 Å². The average molecular weight is 394 g/mol. The second-order valence-corrected chi connectivity index (χ2v) is 6.72. The van der Waals surface area contributed by atoms with Crippen LogP contribution in [0.5, 0.6) is 0 Å². The first-order valence-electron chi connectivity index (χ1n) is 9.21. The lowest BCUT2D eigenvalue weighted by Crippen LogP contribution is -2.40. The summed E-state index contributed by atoms with van der Waals surface area (Å²) >= 11 is 0. The summed E-state index contributed by atoms with van der Waals surface area (Å²) < 4.78 is 0. The minimum atomic E-state index is -1.11. The number of carbonyl (C=O) groups is 2. The van der Waals surface area contributed by atoms with E-state index in [0.29, 0.717) is 6.42 Å². The molecule has 0 fully saturated rings. The Morgan fingerprint density at radius 1 is 1.03 bits per heavy atom. The first kappa shape index (κ1) is 20.2. The van der Waals surface area contributed by atoms with Gasteiger partial charge in [0, 0.05) is 6.04 Å². The fourth-order valence-corrected chi connectivity index (χ4v) is 3.11. The van der Waals surface area contributed by atoms with Crippen LogP contribution in [0, 0.1) is 5.92 Å². The van der Waals surface area contributed by atoms with E-state index in [1.54, 1.807) is 0 Å². The van der Waals surface area contributed by atoms with Crippen molar-refractivity contribution < 1.29 is 19.8 Å². The molecule has 4 N–H and O–H groups in total. The van der Waals surface area contributed by atoms with E-state index in [0.717, 1.165) is 16.7 Å². The Kier molecular flexibility index (Phi) is 6.70. The summed E-state index contributed by atoms with van der Waals surface area (Å²) in [5.74, 6) is -2.51. The largest absolute Gasteiger partial charge is 0.481 e. The molecule has 2 aromatic carbocycles. The number of aliphatic carboxylic acids is 1. The number of carboxylic acids is 1. The summed E-state index contributed by atoms with van der Waals surface area (Å²) in [6, 6.07) is 17.3. The predicted octanol–water partition coefficient (Wildman–Crippen LogP) is 1.90. The zero-order valence-electron chi connectivity index (χ0n) is 15.7. The summed E-state index contributed by atoms with van der Waals surface area (Å²) in [4.78, 5) is 27.5. The zero-order chi connectivity index (χ0) is 20.6. The van der Waals surface area contributed by atoms with Crippen LogP contribution in [0.2, 0.25) is 0 Å². The van der Waals surface area contributed by atoms with Gasteiger partial charge in [-0.15, -0.1) is 0 Å². The third kappa shape index (κ3) is 5.49. The van der Waals surface area contributed by atoms with Gasteiger partial charge in [0.2, 0.25) is 5.82 Å². The molecule has 150 valence electrons. The quantitative estimate of drug-likeness (QED) is 0.439. The van der Waals surface area contributed by atoms with Crippen LogP contribution in [0.15, 0.2) is 60.9 Å². The average Bonchev–Trinajstić information content (AvgIpc) is 3.28. The van der Waals surface area contributed by atoms with Gasteiger partial charge in [0.1, 0.15) is 6.33 Å². The molecular formula is C21H22N4O4. The number of benzene rings is 2. The van der Waals surface area contributed by atoms with Crippen molar-refractivity contribution in [3.05, 3.63) is 72.3 Å². The van der Waals surface area contributed by atoms with Crippen molar-refractivity contribution in [3.63, 3.8) is 0 Å². The highest BCUT2D eigenvalue weighted by Gasteiger charge is 2.24. The molecule has 1 amide bonds. The number of hydrogen-bond donors (Lipinski definition) is 4. The second kappa shape index (κ2) is 9.61. The highest BCUT2D eigenvalue weighted by atomic mass is 16.4. The van der Waals surface area contributed by atoms with Gasteiger partial charge in [-0.1, -0.05) is 54.6 Å². The molecule has 0 aliphatic heterocycles. The first-order chi connectivity index (χ1) is 14.1. The van der Waals surface area contributed by atoms with Crippen molar-refractivity contribution in [2.75, 3.05) is 6.61 Å². The van der Waals surface area contributed by atoms with Crippen LogP contribution >= 0.6 is 0 Å². The molecule has 0 radical (unpaired) electrons. The Morgan fingerprint density at radius 3 is 2.31 bits per heavy atom. The number of aliphatic hydroxyl groups is 1. The van der Waals surface area contributed by atoms with Crippen LogP contribution in [0.3, 0.4) is 0 Å². The number of aromatic amines is 1. The molecule has 8 heteroatoms. The number of aromatic nitrogens is 3. The van der Waals surface area contributed by atoms with Gasteiger partial charge in [-0.2, -0.15) is 5.10 Å². The van der Waals surface area contributed by atoms with E-state index in [1.807, 2.05) is 54.6 Å². The third-order valence-corrected chi connectivity index (χ3v) is 4.65. The van der Waals surface area contributed by atoms with E-state index in [9.17, 15) is 19.8 Å². The summed E-state index contributed by atoms with van der Waals surface area (Å²) in [5.41, 5.74) is 3.10. The van der Waals surface area contributed by atoms with Gasteiger partial charge in [0.25, 0.3) is 5.91 Å². The van der Waals surface area contributed by atoms with Gasteiger partial charge < -0.3 is 15.5 Å². The Labute approximate surface area is 167 Å². The molecular weight excluding hydrogens is 372 g/mol. The molecule has 0 saturated carbocycles. The number of nitrogens with one attached hydrogen (secondary N) is 2. The molecule has 0 saturated heterocycles. The molecule has 0 aliphatic carbocycles. The maximum Gasteiger partial charge on any atom is 0.308 e. The zero-order valence-corrected chi connectivity index (χ0v) is 15.7. The number of aliphatic hydroxyl groups excluding tert-OH is 1.